The number of nitrogens with one attached hydrogen (secondary N) is 3. The second kappa shape index (κ2) is 11.9. The number of aryl methyl sites for hydroxylation is 1. The van der Waals surface area contributed by atoms with E-state index >= 15 is 0 Å². The quantitative estimate of drug-likeness (QED) is 0.273. The van der Waals surface area contributed by atoms with Crippen molar-refractivity contribution in [3.63, 3.8) is 0 Å². The van der Waals surface area contributed by atoms with E-state index in [0.717, 1.165) is 15.8 Å². The standard InChI is InChI=1S/C26H27N5O5S2/c1-31(20-10-12-21(36-2)13-11-20)25(32)23(14-8-18-6-4-3-5-7-18)28-26(33)30-38(34,35)29-19-9-15-22-24(16-19)37-17-27-22/h3-7,9-13,15-17,23,29H,8,14H2,1-2H3,(H2,28,30,33)/t23-/m0/s1. The average Bonchev–Trinajstić information content (AvgIpc) is 3.38. The molecule has 198 valence electrons. The first-order chi connectivity index (χ1) is 18.2. The summed E-state index contributed by atoms with van der Waals surface area (Å²) in [6, 6.07) is 19.2. The van der Waals surface area contributed by atoms with Gasteiger partial charge < -0.3 is 15.0 Å². The third kappa shape index (κ3) is 6.99. The largest absolute Gasteiger partial charge is 0.497 e. The van der Waals surface area contributed by atoms with Gasteiger partial charge in [-0.2, -0.15) is 8.42 Å². The van der Waals surface area contributed by atoms with Crippen LogP contribution in [0.25, 0.3) is 10.2 Å². The summed E-state index contributed by atoms with van der Waals surface area (Å²) in [5.74, 6) is 0.238. The van der Waals surface area contributed by atoms with Crippen molar-refractivity contribution in [1.29, 1.82) is 0 Å². The number of likely N-dealkylation sites (N-methyl/N-ethyl adjacent to an activating group) is 1. The van der Waals surface area contributed by atoms with E-state index in [-0.39, 0.29) is 12.1 Å². The number of anilines is 2. The minimum atomic E-state index is -4.27. The van der Waals surface area contributed by atoms with Crippen molar-refractivity contribution in [1.82, 2.24) is 15.0 Å². The molecule has 12 heteroatoms. The Balaban J connectivity index is 1.46. The first kappa shape index (κ1) is 26.9. The number of thiazole rings is 1. The lowest BCUT2D eigenvalue weighted by Gasteiger charge is -2.25. The zero-order valence-corrected chi connectivity index (χ0v) is 22.4. The Hall–Kier alpha value is -4.16. The van der Waals surface area contributed by atoms with Gasteiger partial charge >= 0.3 is 16.2 Å². The third-order valence-corrected chi connectivity index (χ3v) is 7.52. The molecule has 1 heterocycles. The van der Waals surface area contributed by atoms with Crippen molar-refractivity contribution in [2.24, 2.45) is 0 Å². The van der Waals surface area contributed by atoms with Gasteiger partial charge in [0.1, 0.15) is 11.8 Å². The lowest BCUT2D eigenvalue weighted by Crippen LogP contribution is -2.52. The van der Waals surface area contributed by atoms with Gasteiger partial charge in [0.25, 0.3) is 0 Å². The molecule has 10 nitrogen and oxygen atoms in total. The average molecular weight is 554 g/mol. The molecule has 4 aromatic rings. The molecule has 4 rings (SSSR count). The molecular weight excluding hydrogens is 526 g/mol. The molecule has 0 aliphatic heterocycles. The Bertz CT molecular complexity index is 1510. The molecule has 0 spiro atoms. The van der Waals surface area contributed by atoms with Gasteiger partial charge in [-0.15, -0.1) is 11.3 Å². The van der Waals surface area contributed by atoms with Crippen molar-refractivity contribution in [3.8, 4) is 5.75 Å². The molecule has 0 saturated carbocycles. The van der Waals surface area contributed by atoms with E-state index in [2.05, 4.69) is 15.0 Å². The van der Waals surface area contributed by atoms with Gasteiger partial charge in [-0.1, -0.05) is 30.3 Å². The normalized spacial score (nSPS) is 11.9. The van der Waals surface area contributed by atoms with E-state index in [9.17, 15) is 18.0 Å². The molecule has 0 bridgehead atoms. The molecule has 1 atom stereocenters. The predicted octanol–water partition coefficient (Wildman–Crippen LogP) is 3.93. The molecule has 3 aromatic carbocycles. The molecule has 0 fully saturated rings. The summed E-state index contributed by atoms with van der Waals surface area (Å²) in [4.78, 5) is 31.7. The summed E-state index contributed by atoms with van der Waals surface area (Å²) in [5, 5.41) is 2.53. The molecule has 1 aromatic heterocycles. The first-order valence-electron chi connectivity index (χ1n) is 11.6. The van der Waals surface area contributed by atoms with Crippen molar-refractivity contribution >= 4 is 55.1 Å². The number of ether oxygens (including phenoxy) is 1. The number of hydrogen-bond acceptors (Lipinski definition) is 7. The summed E-state index contributed by atoms with van der Waals surface area (Å²) < 4.78 is 35.5. The number of aromatic nitrogens is 1. The van der Waals surface area contributed by atoms with Crippen LogP contribution in [-0.4, -0.2) is 45.5 Å². The minimum absolute atomic E-state index is 0.256. The fourth-order valence-electron chi connectivity index (χ4n) is 3.79. The molecule has 3 N–H and O–H groups in total. The minimum Gasteiger partial charge on any atom is -0.497 e. The highest BCUT2D eigenvalue weighted by Crippen LogP contribution is 2.22. The molecule has 0 radical (unpaired) electrons. The summed E-state index contributed by atoms with van der Waals surface area (Å²) >= 11 is 1.36. The van der Waals surface area contributed by atoms with Gasteiger partial charge in [0.05, 0.1) is 28.5 Å². The van der Waals surface area contributed by atoms with Gasteiger partial charge in [0.15, 0.2) is 0 Å². The molecule has 38 heavy (non-hydrogen) atoms. The van der Waals surface area contributed by atoms with E-state index in [1.54, 1.807) is 62.1 Å². The van der Waals surface area contributed by atoms with Gasteiger partial charge in [0, 0.05) is 12.7 Å². The summed E-state index contributed by atoms with van der Waals surface area (Å²) in [5.41, 5.74) is 4.25. The molecule has 0 aliphatic carbocycles. The highest BCUT2D eigenvalue weighted by atomic mass is 32.2. The number of rotatable bonds is 10. The van der Waals surface area contributed by atoms with Crippen LogP contribution in [-0.2, 0) is 21.4 Å². The van der Waals surface area contributed by atoms with Gasteiger partial charge in [-0.3, -0.25) is 9.52 Å². The second-order valence-electron chi connectivity index (χ2n) is 8.39. The van der Waals surface area contributed by atoms with Crippen LogP contribution in [0.2, 0.25) is 0 Å². The van der Waals surface area contributed by atoms with Crippen LogP contribution in [0.5, 0.6) is 5.75 Å². The zero-order valence-electron chi connectivity index (χ0n) is 20.7. The monoisotopic (exact) mass is 553 g/mol. The molecule has 0 aliphatic rings. The number of hydrogen-bond donors (Lipinski definition) is 3. The van der Waals surface area contributed by atoms with Gasteiger partial charge in [-0.05, 0) is 60.9 Å². The SMILES string of the molecule is COc1ccc(N(C)C(=O)[C@H](CCc2ccccc2)NC(=O)NS(=O)(=O)Nc2ccc3ncsc3c2)cc1. The van der Waals surface area contributed by atoms with Crippen LogP contribution in [0.15, 0.2) is 78.3 Å². The fraction of sp³-hybridized carbons (Fsp3) is 0.192. The highest BCUT2D eigenvalue weighted by molar-refractivity contribution is 7.91. The highest BCUT2D eigenvalue weighted by Gasteiger charge is 2.26. The van der Waals surface area contributed by atoms with E-state index in [1.165, 1.54) is 16.2 Å². The number of carbonyl (C=O) groups excluding carboxylic acids is 2. The number of benzene rings is 3. The summed E-state index contributed by atoms with van der Waals surface area (Å²) in [6.07, 6.45) is 0.750. The number of methoxy groups -OCH3 is 1. The van der Waals surface area contributed by atoms with Crippen molar-refractivity contribution in [2.45, 2.75) is 18.9 Å². The predicted molar refractivity (Wildman–Crippen MR) is 149 cm³/mol. The Morgan fingerprint density at radius 3 is 2.50 bits per heavy atom. The maximum absolute atomic E-state index is 13.4. The first-order valence-corrected chi connectivity index (χ1v) is 14.0. The molecule has 0 unspecified atom stereocenters. The van der Waals surface area contributed by atoms with Crippen LogP contribution in [0, 0.1) is 0 Å². The van der Waals surface area contributed by atoms with Gasteiger partial charge in [0.2, 0.25) is 5.91 Å². The Labute approximate surface area is 224 Å². The van der Waals surface area contributed by atoms with E-state index in [0.29, 0.717) is 17.9 Å². The summed E-state index contributed by atoms with van der Waals surface area (Å²) in [6.45, 7) is 0. The lowest BCUT2D eigenvalue weighted by molar-refractivity contribution is -0.120. The topological polar surface area (TPSA) is 130 Å². The van der Waals surface area contributed by atoms with E-state index in [4.69, 9.17) is 4.74 Å². The molecule has 3 amide bonds. The number of amides is 3. The number of carbonyl (C=O) groups is 2. The van der Waals surface area contributed by atoms with Crippen LogP contribution >= 0.6 is 11.3 Å². The van der Waals surface area contributed by atoms with E-state index < -0.39 is 28.2 Å². The fourth-order valence-corrected chi connectivity index (χ4v) is 5.30. The Kier molecular flexibility index (Phi) is 8.44. The maximum atomic E-state index is 13.4. The van der Waals surface area contributed by atoms with Crippen molar-refractivity contribution < 1.29 is 22.7 Å². The maximum Gasteiger partial charge on any atom is 0.330 e. The Morgan fingerprint density at radius 1 is 1.05 bits per heavy atom. The van der Waals surface area contributed by atoms with Crippen LogP contribution in [0.3, 0.4) is 0 Å². The third-order valence-electron chi connectivity index (χ3n) is 5.77. The van der Waals surface area contributed by atoms with E-state index in [1.807, 2.05) is 35.1 Å². The molecule has 0 saturated heterocycles. The van der Waals surface area contributed by atoms with Crippen LogP contribution < -0.4 is 24.4 Å². The second-order valence-corrected chi connectivity index (χ2v) is 10.7. The van der Waals surface area contributed by atoms with Crippen molar-refractivity contribution in [3.05, 3.63) is 83.9 Å². The Morgan fingerprint density at radius 2 is 1.79 bits per heavy atom. The molecular formula is C26H27N5O5S2. The van der Waals surface area contributed by atoms with Crippen molar-refractivity contribution in [2.75, 3.05) is 23.8 Å². The zero-order chi connectivity index (χ0) is 27.1. The number of nitrogens with zero attached hydrogens (tertiary/aromatic N) is 2. The lowest BCUT2D eigenvalue weighted by atomic mass is 10.0. The smallest absolute Gasteiger partial charge is 0.330 e. The number of fused-ring (bicyclic) bond motifs is 1. The summed E-state index contributed by atoms with van der Waals surface area (Å²) in [7, 11) is -1.13. The van der Waals surface area contributed by atoms with Crippen LogP contribution in [0.1, 0.15) is 12.0 Å². The van der Waals surface area contributed by atoms with Gasteiger partial charge in [-0.25, -0.2) is 14.5 Å². The number of urea groups is 1. The van der Waals surface area contributed by atoms with Crippen LogP contribution in [0.4, 0.5) is 16.2 Å².